The minimum Gasteiger partial charge on any atom is -0.305 e. The number of carbonyl (C=O) groups is 1. The molecule has 1 amide bonds. The minimum atomic E-state index is -0.0990. The molecule has 150 valence electrons. The molecule has 0 saturated carbocycles. The van der Waals surface area contributed by atoms with E-state index in [2.05, 4.69) is 28.3 Å². The maximum Gasteiger partial charge on any atom is 0.239 e. The third kappa shape index (κ3) is 5.27. The lowest BCUT2D eigenvalue weighted by atomic mass is 10.2. The molecule has 0 atom stereocenters. The number of amides is 1. The van der Waals surface area contributed by atoms with E-state index in [0.717, 1.165) is 11.3 Å². The topological polar surface area (TPSA) is 63.9 Å². The first-order valence-corrected chi connectivity index (χ1v) is 11.1. The number of hydrogen-bond donors (Lipinski definition) is 0. The van der Waals surface area contributed by atoms with Gasteiger partial charge in [0.05, 0.1) is 21.5 Å². The smallest absolute Gasteiger partial charge is 0.239 e. The molecule has 0 aliphatic carbocycles. The maximum absolute atomic E-state index is 12.9. The number of carbonyl (C=O) groups excluding carboxylic acids is 1. The lowest BCUT2D eigenvalue weighted by Gasteiger charge is -2.17. The molecule has 6 nitrogen and oxygen atoms in total. The first-order valence-electron chi connectivity index (χ1n) is 8.47. The quantitative estimate of drug-likeness (QED) is 0.320. The van der Waals surface area contributed by atoms with Crippen LogP contribution < -0.4 is 4.90 Å². The second-order valence-electron chi connectivity index (χ2n) is 5.78. The third-order valence-corrected chi connectivity index (χ3v) is 6.35. The largest absolute Gasteiger partial charge is 0.305 e. The van der Waals surface area contributed by atoms with Gasteiger partial charge in [0.15, 0.2) is 10.3 Å². The highest BCUT2D eigenvalue weighted by Crippen LogP contribution is 2.32. The zero-order valence-electron chi connectivity index (χ0n) is 15.3. The van der Waals surface area contributed by atoms with Crippen molar-refractivity contribution in [2.24, 2.45) is 0 Å². The molecular formula is C19H17Cl2N5OS2. The highest BCUT2D eigenvalue weighted by atomic mass is 35.5. The predicted octanol–water partition coefficient (Wildman–Crippen LogP) is 5.21. The van der Waals surface area contributed by atoms with Crippen molar-refractivity contribution in [3.8, 4) is 11.3 Å². The highest BCUT2D eigenvalue weighted by Gasteiger charge is 2.20. The minimum absolute atomic E-state index is 0.0990. The summed E-state index contributed by atoms with van der Waals surface area (Å²) in [5.74, 6) is 0.101. The summed E-state index contributed by atoms with van der Waals surface area (Å²) in [5.41, 5.74) is 1.56. The Labute approximate surface area is 186 Å². The number of aromatic nitrogens is 4. The number of rotatable bonds is 9. The molecule has 2 aromatic heterocycles. The van der Waals surface area contributed by atoms with Crippen molar-refractivity contribution in [2.45, 2.75) is 11.7 Å². The molecule has 10 heteroatoms. The molecule has 0 saturated heterocycles. The summed E-state index contributed by atoms with van der Waals surface area (Å²) in [6.07, 6.45) is 5.03. The third-order valence-electron chi connectivity index (χ3n) is 3.78. The average Bonchev–Trinajstić information content (AvgIpc) is 3.36. The van der Waals surface area contributed by atoms with Crippen molar-refractivity contribution >= 4 is 57.3 Å². The SMILES string of the molecule is C=CCN(C(=O)CSc1nncn1CC=C)c1nc(-c2ccc(Cl)c(Cl)c2)cs1. The van der Waals surface area contributed by atoms with Crippen LogP contribution in [-0.2, 0) is 11.3 Å². The van der Waals surface area contributed by atoms with Crippen molar-refractivity contribution in [3.05, 3.63) is 65.3 Å². The molecular weight excluding hydrogens is 449 g/mol. The van der Waals surface area contributed by atoms with Crippen LogP contribution in [0.1, 0.15) is 0 Å². The van der Waals surface area contributed by atoms with E-state index in [1.54, 1.807) is 35.5 Å². The van der Waals surface area contributed by atoms with Gasteiger partial charge in [0.1, 0.15) is 6.33 Å². The molecule has 0 N–H and O–H groups in total. The second kappa shape index (κ2) is 10.1. The van der Waals surface area contributed by atoms with Crippen LogP contribution in [0.5, 0.6) is 0 Å². The fraction of sp³-hybridized carbons (Fsp3) is 0.158. The van der Waals surface area contributed by atoms with Crippen molar-refractivity contribution in [3.63, 3.8) is 0 Å². The van der Waals surface area contributed by atoms with Crippen LogP contribution in [0.2, 0.25) is 10.0 Å². The van der Waals surface area contributed by atoms with E-state index in [0.29, 0.717) is 33.4 Å². The van der Waals surface area contributed by atoms with E-state index in [9.17, 15) is 4.79 Å². The van der Waals surface area contributed by atoms with Crippen LogP contribution in [0.25, 0.3) is 11.3 Å². The molecule has 1 aromatic carbocycles. The van der Waals surface area contributed by atoms with Gasteiger partial charge in [0, 0.05) is 24.0 Å². The van der Waals surface area contributed by atoms with E-state index in [4.69, 9.17) is 23.2 Å². The number of anilines is 1. The zero-order valence-corrected chi connectivity index (χ0v) is 18.4. The Hall–Kier alpha value is -2.13. The summed E-state index contributed by atoms with van der Waals surface area (Å²) in [7, 11) is 0. The molecule has 3 aromatic rings. The van der Waals surface area contributed by atoms with Gasteiger partial charge in [-0.2, -0.15) is 0 Å². The molecule has 0 unspecified atom stereocenters. The summed E-state index contributed by atoms with van der Waals surface area (Å²) in [5, 5.41) is 12.0. The Bertz CT molecular complexity index is 1030. The van der Waals surface area contributed by atoms with E-state index >= 15 is 0 Å². The second-order valence-corrected chi connectivity index (χ2v) is 8.37. The number of halogens is 2. The van der Waals surface area contributed by atoms with E-state index < -0.39 is 0 Å². The molecule has 0 fully saturated rings. The molecule has 29 heavy (non-hydrogen) atoms. The van der Waals surface area contributed by atoms with Gasteiger partial charge in [-0.05, 0) is 12.1 Å². The van der Waals surface area contributed by atoms with Crippen LogP contribution in [0.15, 0.2) is 60.4 Å². The zero-order chi connectivity index (χ0) is 20.8. The number of thioether (sulfide) groups is 1. The molecule has 0 bridgehead atoms. The molecule has 3 rings (SSSR count). The summed E-state index contributed by atoms with van der Waals surface area (Å²) in [4.78, 5) is 19.0. The molecule has 0 radical (unpaired) electrons. The molecule has 0 spiro atoms. The Morgan fingerprint density at radius 2 is 2.10 bits per heavy atom. The summed E-state index contributed by atoms with van der Waals surface area (Å²) in [6, 6.07) is 5.32. The first kappa shape index (κ1) is 21.6. The summed E-state index contributed by atoms with van der Waals surface area (Å²) in [6.45, 7) is 8.39. The number of allylic oxidation sites excluding steroid dienone is 1. The standard InChI is InChI=1S/C19H17Cl2N5OS2/c1-3-7-25-12-22-24-19(25)29-11-17(27)26(8-4-2)18-23-16(10-28-18)13-5-6-14(20)15(21)9-13/h3-6,9-10,12H,1-2,7-8,11H2. The Kier molecular flexibility index (Phi) is 7.49. The molecule has 0 aliphatic heterocycles. The Morgan fingerprint density at radius 3 is 2.83 bits per heavy atom. The fourth-order valence-corrected chi connectivity index (χ4v) is 4.38. The van der Waals surface area contributed by atoms with E-state index in [-0.39, 0.29) is 11.7 Å². The van der Waals surface area contributed by atoms with Gasteiger partial charge in [-0.3, -0.25) is 9.69 Å². The van der Waals surface area contributed by atoms with E-state index in [1.165, 1.54) is 23.1 Å². The van der Waals surface area contributed by atoms with Gasteiger partial charge >= 0.3 is 0 Å². The Morgan fingerprint density at radius 1 is 1.28 bits per heavy atom. The van der Waals surface area contributed by atoms with Crippen LogP contribution in [0, 0.1) is 0 Å². The first-order chi connectivity index (χ1) is 14.0. The fourth-order valence-electron chi connectivity index (χ4n) is 2.42. The Balaban J connectivity index is 1.75. The van der Waals surface area contributed by atoms with Crippen molar-refractivity contribution in [2.75, 3.05) is 17.2 Å². The van der Waals surface area contributed by atoms with Gasteiger partial charge in [-0.15, -0.1) is 34.7 Å². The lowest BCUT2D eigenvalue weighted by molar-refractivity contribution is -0.116. The van der Waals surface area contributed by atoms with Crippen LogP contribution >= 0.6 is 46.3 Å². The lowest BCUT2D eigenvalue weighted by Crippen LogP contribution is -2.32. The number of thiazole rings is 1. The van der Waals surface area contributed by atoms with E-state index in [1.807, 2.05) is 16.0 Å². The van der Waals surface area contributed by atoms with Gasteiger partial charge in [-0.1, -0.05) is 53.2 Å². The highest BCUT2D eigenvalue weighted by molar-refractivity contribution is 7.99. The van der Waals surface area contributed by atoms with Gasteiger partial charge < -0.3 is 4.57 Å². The molecule has 2 heterocycles. The van der Waals surface area contributed by atoms with Crippen molar-refractivity contribution in [1.82, 2.24) is 19.7 Å². The maximum atomic E-state index is 12.9. The summed E-state index contributed by atoms with van der Waals surface area (Å²) >= 11 is 14.8. The van der Waals surface area contributed by atoms with Crippen LogP contribution in [-0.4, -0.2) is 38.0 Å². The van der Waals surface area contributed by atoms with Gasteiger partial charge in [0.2, 0.25) is 5.91 Å². The van der Waals surface area contributed by atoms with Crippen LogP contribution in [0.3, 0.4) is 0 Å². The van der Waals surface area contributed by atoms with Gasteiger partial charge in [0.25, 0.3) is 0 Å². The average molecular weight is 466 g/mol. The van der Waals surface area contributed by atoms with Crippen molar-refractivity contribution in [1.29, 1.82) is 0 Å². The molecule has 0 aliphatic rings. The number of hydrogen-bond acceptors (Lipinski definition) is 6. The van der Waals surface area contributed by atoms with Crippen molar-refractivity contribution < 1.29 is 4.79 Å². The normalized spacial score (nSPS) is 10.7. The predicted molar refractivity (Wildman–Crippen MR) is 121 cm³/mol. The summed E-state index contributed by atoms with van der Waals surface area (Å²) < 4.78 is 1.83. The van der Waals surface area contributed by atoms with Crippen LogP contribution in [0.4, 0.5) is 5.13 Å². The monoisotopic (exact) mass is 465 g/mol. The number of nitrogens with zero attached hydrogens (tertiary/aromatic N) is 5. The number of benzene rings is 1. The van der Waals surface area contributed by atoms with Gasteiger partial charge in [-0.25, -0.2) is 4.98 Å².